The molecule has 3 nitrogen and oxygen atoms in total. The normalized spacial score (nSPS) is 12.0. The number of benzene rings is 2. The predicted molar refractivity (Wildman–Crippen MR) is 101 cm³/mol. The van der Waals surface area contributed by atoms with Crippen molar-refractivity contribution < 1.29 is 15.0 Å². The topological polar surface area (TPSA) is 57.5 Å². The van der Waals surface area contributed by atoms with Crippen molar-refractivity contribution in [3.8, 4) is 11.5 Å². The molecule has 0 saturated carbocycles. The molecule has 0 radical (unpaired) electrons. The molecule has 0 aliphatic heterocycles. The van der Waals surface area contributed by atoms with Gasteiger partial charge in [0.25, 0.3) is 0 Å². The Kier molecular flexibility index (Phi) is 7.53. The standard InChI is InChI=1S/C19H22O3S2/c1-2-17(24-19-9-5-15(21)6-10-19)13-16(22)11-12-23-18-7-3-14(20)4-8-18/h3-10,17,20-21H,2,11-13H2,1H3. The van der Waals surface area contributed by atoms with E-state index in [0.29, 0.717) is 12.8 Å². The van der Waals surface area contributed by atoms with E-state index in [2.05, 4.69) is 6.92 Å². The van der Waals surface area contributed by atoms with Gasteiger partial charge < -0.3 is 10.2 Å². The molecule has 0 aromatic heterocycles. The third kappa shape index (κ3) is 6.49. The zero-order valence-electron chi connectivity index (χ0n) is 13.6. The van der Waals surface area contributed by atoms with Crippen LogP contribution in [0.25, 0.3) is 0 Å². The fourth-order valence-electron chi connectivity index (χ4n) is 2.17. The molecule has 24 heavy (non-hydrogen) atoms. The average Bonchev–Trinajstić information content (AvgIpc) is 2.58. The Hall–Kier alpha value is -1.59. The number of phenolic OH excluding ortho intramolecular Hbond substituents is 2. The lowest BCUT2D eigenvalue weighted by atomic mass is 10.1. The van der Waals surface area contributed by atoms with Gasteiger partial charge in [0.05, 0.1) is 0 Å². The van der Waals surface area contributed by atoms with E-state index in [9.17, 15) is 15.0 Å². The van der Waals surface area contributed by atoms with Crippen molar-refractivity contribution in [2.75, 3.05) is 5.75 Å². The van der Waals surface area contributed by atoms with Gasteiger partial charge in [-0.1, -0.05) is 6.92 Å². The second kappa shape index (κ2) is 9.64. The Morgan fingerprint density at radius 1 is 0.958 bits per heavy atom. The van der Waals surface area contributed by atoms with Crippen LogP contribution in [0.1, 0.15) is 26.2 Å². The molecule has 0 saturated heterocycles. The van der Waals surface area contributed by atoms with E-state index in [0.717, 1.165) is 22.0 Å². The number of hydrogen-bond donors (Lipinski definition) is 2. The fourth-order valence-corrected chi connectivity index (χ4v) is 4.18. The number of rotatable bonds is 9. The maximum atomic E-state index is 12.2. The molecule has 128 valence electrons. The molecular weight excluding hydrogens is 340 g/mol. The molecule has 0 aliphatic rings. The minimum Gasteiger partial charge on any atom is -0.508 e. The van der Waals surface area contributed by atoms with E-state index in [1.165, 1.54) is 0 Å². The van der Waals surface area contributed by atoms with E-state index in [1.807, 2.05) is 24.3 Å². The fraction of sp³-hybridized carbons (Fsp3) is 0.316. The highest BCUT2D eigenvalue weighted by atomic mass is 32.2. The third-order valence-electron chi connectivity index (χ3n) is 3.54. The summed E-state index contributed by atoms with van der Waals surface area (Å²) in [5.41, 5.74) is 0. The number of phenols is 2. The van der Waals surface area contributed by atoms with Gasteiger partial charge in [-0.25, -0.2) is 0 Å². The van der Waals surface area contributed by atoms with Crippen LogP contribution in [-0.4, -0.2) is 27.0 Å². The van der Waals surface area contributed by atoms with Gasteiger partial charge in [0.15, 0.2) is 0 Å². The van der Waals surface area contributed by atoms with Crippen molar-refractivity contribution in [2.24, 2.45) is 0 Å². The van der Waals surface area contributed by atoms with E-state index in [1.54, 1.807) is 47.8 Å². The Balaban J connectivity index is 1.74. The number of hydrogen-bond acceptors (Lipinski definition) is 5. The van der Waals surface area contributed by atoms with Crippen molar-refractivity contribution in [3.63, 3.8) is 0 Å². The summed E-state index contributed by atoms with van der Waals surface area (Å²) in [6.07, 6.45) is 2.05. The molecule has 2 aromatic rings. The van der Waals surface area contributed by atoms with Gasteiger partial charge >= 0.3 is 0 Å². The van der Waals surface area contributed by atoms with Crippen LogP contribution < -0.4 is 0 Å². The summed E-state index contributed by atoms with van der Waals surface area (Å²) in [6, 6.07) is 14.1. The van der Waals surface area contributed by atoms with E-state index >= 15 is 0 Å². The van der Waals surface area contributed by atoms with Crippen molar-refractivity contribution in [2.45, 2.75) is 41.2 Å². The molecular formula is C19H22O3S2. The van der Waals surface area contributed by atoms with Crippen molar-refractivity contribution in [1.82, 2.24) is 0 Å². The van der Waals surface area contributed by atoms with E-state index in [-0.39, 0.29) is 22.5 Å². The second-order valence-electron chi connectivity index (χ2n) is 5.48. The van der Waals surface area contributed by atoms with E-state index in [4.69, 9.17) is 0 Å². The van der Waals surface area contributed by atoms with Crippen LogP contribution in [0.5, 0.6) is 11.5 Å². The first-order valence-electron chi connectivity index (χ1n) is 7.96. The van der Waals surface area contributed by atoms with Gasteiger partial charge in [0.2, 0.25) is 0 Å². The Bertz CT molecular complexity index is 639. The molecule has 2 aromatic carbocycles. The van der Waals surface area contributed by atoms with Crippen LogP contribution in [-0.2, 0) is 4.79 Å². The first kappa shape index (κ1) is 18.7. The zero-order valence-corrected chi connectivity index (χ0v) is 15.3. The highest BCUT2D eigenvalue weighted by molar-refractivity contribution is 8.00. The molecule has 0 fully saturated rings. The number of Topliss-reactive ketones (excluding diaryl/α,β-unsaturated/α-hetero) is 1. The minimum atomic E-state index is 0.257. The summed E-state index contributed by atoms with van der Waals surface area (Å²) in [4.78, 5) is 14.3. The summed E-state index contributed by atoms with van der Waals surface area (Å²) in [5.74, 6) is 1.55. The van der Waals surface area contributed by atoms with Crippen LogP contribution in [0, 0.1) is 0 Å². The molecule has 0 heterocycles. The van der Waals surface area contributed by atoms with Gasteiger partial charge in [-0.05, 0) is 55.0 Å². The number of thioether (sulfide) groups is 2. The smallest absolute Gasteiger partial charge is 0.134 e. The molecule has 0 spiro atoms. The lowest BCUT2D eigenvalue weighted by molar-refractivity contribution is -0.118. The molecule has 0 amide bonds. The van der Waals surface area contributed by atoms with Crippen LogP contribution in [0.3, 0.4) is 0 Å². The van der Waals surface area contributed by atoms with Gasteiger partial charge in [-0.3, -0.25) is 4.79 Å². The summed E-state index contributed by atoms with van der Waals surface area (Å²) < 4.78 is 0. The highest BCUT2D eigenvalue weighted by Crippen LogP contribution is 2.29. The first-order valence-corrected chi connectivity index (χ1v) is 9.82. The van der Waals surface area contributed by atoms with Gasteiger partial charge in [0.1, 0.15) is 17.3 Å². The average molecular weight is 363 g/mol. The Labute approximate surface area is 151 Å². The number of ketones is 1. The molecule has 0 bridgehead atoms. The summed E-state index contributed by atoms with van der Waals surface area (Å²) in [5, 5.41) is 18.8. The van der Waals surface area contributed by atoms with E-state index < -0.39 is 0 Å². The molecule has 2 N–H and O–H groups in total. The minimum absolute atomic E-state index is 0.257. The second-order valence-corrected chi connectivity index (χ2v) is 8.02. The monoisotopic (exact) mass is 362 g/mol. The van der Waals surface area contributed by atoms with Gasteiger partial charge in [-0.15, -0.1) is 23.5 Å². The zero-order chi connectivity index (χ0) is 17.4. The van der Waals surface area contributed by atoms with Crippen molar-refractivity contribution >= 4 is 29.3 Å². The predicted octanol–water partition coefficient (Wildman–Crippen LogP) is 5.11. The van der Waals surface area contributed by atoms with Crippen LogP contribution in [0.4, 0.5) is 0 Å². The number of carbonyl (C=O) groups is 1. The summed E-state index contributed by atoms with van der Waals surface area (Å²) in [7, 11) is 0. The molecule has 2 rings (SSSR count). The van der Waals surface area contributed by atoms with Crippen LogP contribution >= 0.6 is 23.5 Å². The molecule has 1 unspecified atom stereocenters. The highest BCUT2D eigenvalue weighted by Gasteiger charge is 2.13. The third-order valence-corrected chi connectivity index (χ3v) is 5.93. The van der Waals surface area contributed by atoms with Crippen molar-refractivity contribution in [3.05, 3.63) is 48.5 Å². The first-order chi connectivity index (χ1) is 11.6. The van der Waals surface area contributed by atoms with Crippen LogP contribution in [0.15, 0.2) is 58.3 Å². The number of carbonyl (C=O) groups excluding carboxylic acids is 1. The SMILES string of the molecule is CCC(CC(=O)CCSc1ccc(O)cc1)Sc1ccc(O)cc1. The quantitative estimate of drug-likeness (QED) is 0.607. The summed E-state index contributed by atoms with van der Waals surface area (Å²) in [6.45, 7) is 2.09. The number of aromatic hydroxyl groups is 2. The molecule has 5 heteroatoms. The Morgan fingerprint density at radius 2 is 1.50 bits per heavy atom. The van der Waals surface area contributed by atoms with Gasteiger partial charge in [0, 0.05) is 33.6 Å². The Morgan fingerprint density at radius 3 is 2.04 bits per heavy atom. The lowest BCUT2D eigenvalue weighted by Crippen LogP contribution is -2.10. The van der Waals surface area contributed by atoms with Crippen LogP contribution in [0.2, 0.25) is 0 Å². The van der Waals surface area contributed by atoms with Gasteiger partial charge in [-0.2, -0.15) is 0 Å². The molecule has 1 atom stereocenters. The lowest BCUT2D eigenvalue weighted by Gasteiger charge is -2.13. The molecule has 0 aliphatic carbocycles. The largest absolute Gasteiger partial charge is 0.508 e. The maximum absolute atomic E-state index is 12.2. The summed E-state index contributed by atoms with van der Waals surface area (Å²) >= 11 is 3.32. The maximum Gasteiger partial charge on any atom is 0.134 e. The van der Waals surface area contributed by atoms with Crippen molar-refractivity contribution in [1.29, 1.82) is 0 Å².